The molecule has 5 aromatic rings. The molecule has 6 rings (SSSR count). The van der Waals surface area contributed by atoms with Crippen LogP contribution < -0.4 is 5.10 Å². The number of benzene rings is 2. The zero-order valence-corrected chi connectivity index (χ0v) is 21.5. The van der Waals surface area contributed by atoms with Crippen LogP contribution in [0.25, 0.3) is 33.4 Å². The summed E-state index contributed by atoms with van der Waals surface area (Å²) in [6.07, 6.45) is 4.46. The van der Waals surface area contributed by atoms with E-state index in [0.29, 0.717) is 5.56 Å². The third-order valence-electron chi connectivity index (χ3n) is 6.15. The van der Waals surface area contributed by atoms with E-state index in [1.165, 1.54) is 6.07 Å². The molecular formula is C28H23FIrN4-2. The van der Waals surface area contributed by atoms with Crippen molar-refractivity contribution in [1.29, 1.82) is 0 Å². The molecule has 3 aromatic heterocycles. The first-order chi connectivity index (χ1) is 16.0. The van der Waals surface area contributed by atoms with Gasteiger partial charge in [0.2, 0.25) is 0 Å². The Morgan fingerprint density at radius 1 is 1.00 bits per heavy atom. The molecule has 0 fully saturated rings. The van der Waals surface area contributed by atoms with Crippen molar-refractivity contribution in [3.8, 4) is 22.6 Å². The Bertz CT molecular complexity index is 1440. The van der Waals surface area contributed by atoms with Crippen molar-refractivity contribution in [2.45, 2.75) is 32.6 Å². The minimum Gasteiger partial charge on any atom is -0.573 e. The maximum atomic E-state index is 14.4. The Kier molecular flexibility index (Phi) is 6.74. The number of aromatic nitrogens is 4. The summed E-state index contributed by atoms with van der Waals surface area (Å²) in [5.41, 5.74) is 5.83. The molecule has 2 aromatic carbocycles. The molecule has 0 spiro atoms. The first-order valence-electron chi connectivity index (χ1n) is 11.0. The normalized spacial score (nSPS) is 12.8. The summed E-state index contributed by atoms with van der Waals surface area (Å²) in [6.45, 7) is 6.19. The number of aryl methyl sites for hydroxylation is 1. The second-order valence-corrected chi connectivity index (χ2v) is 8.55. The third kappa shape index (κ3) is 4.08. The molecule has 4 nitrogen and oxygen atoms in total. The Hall–Kier alpha value is -3.21. The minimum atomic E-state index is -0.382. The summed E-state index contributed by atoms with van der Waals surface area (Å²) < 4.78 is 14.4. The molecule has 1 aliphatic carbocycles. The van der Waals surface area contributed by atoms with Gasteiger partial charge in [0.05, 0.1) is 0 Å². The second-order valence-electron chi connectivity index (χ2n) is 8.55. The van der Waals surface area contributed by atoms with E-state index in [0.717, 1.165) is 51.1 Å². The van der Waals surface area contributed by atoms with Gasteiger partial charge in [-0.15, -0.1) is 23.8 Å². The maximum absolute atomic E-state index is 14.4. The van der Waals surface area contributed by atoms with Gasteiger partial charge in [-0.05, 0) is 52.1 Å². The smallest absolute Gasteiger partial charge is 0.0494 e. The van der Waals surface area contributed by atoms with Crippen LogP contribution in [0.4, 0.5) is 4.39 Å². The Morgan fingerprint density at radius 2 is 1.85 bits per heavy atom. The Morgan fingerprint density at radius 3 is 2.59 bits per heavy atom. The molecule has 0 unspecified atom stereocenters. The molecule has 0 aliphatic heterocycles. The fraction of sp³-hybridized carbons (Fsp3) is 0.179. The van der Waals surface area contributed by atoms with E-state index in [2.05, 4.69) is 59.1 Å². The summed E-state index contributed by atoms with van der Waals surface area (Å²) in [5.74, 6) is -0.183. The SMILES string of the molecule is CC1(C)c2c([c-]ccc2F)-c2nccc3cccc1c23.CCc1cc(-c2ccccn2)[n-]n1.[Ir]. The topological polar surface area (TPSA) is 52.8 Å². The van der Waals surface area contributed by atoms with Crippen LogP contribution in [0.1, 0.15) is 37.6 Å². The summed E-state index contributed by atoms with van der Waals surface area (Å²) >= 11 is 0. The van der Waals surface area contributed by atoms with E-state index in [1.54, 1.807) is 18.5 Å². The van der Waals surface area contributed by atoms with E-state index < -0.39 is 0 Å². The van der Waals surface area contributed by atoms with Crippen molar-refractivity contribution in [2.24, 2.45) is 0 Å². The third-order valence-corrected chi connectivity index (χ3v) is 6.15. The summed E-state index contributed by atoms with van der Waals surface area (Å²) in [5, 5.41) is 10.3. The van der Waals surface area contributed by atoms with Gasteiger partial charge in [-0.3, -0.25) is 4.98 Å². The maximum Gasteiger partial charge on any atom is 0.0494 e. The average molecular weight is 627 g/mol. The van der Waals surface area contributed by atoms with Crippen LogP contribution in [0.15, 0.2) is 73.1 Å². The summed E-state index contributed by atoms with van der Waals surface area (Å²) in [7, 11) is 0. The number of hydrogen-bond donors (Lipinski definition) is 0. The van der Waals surface area contributed by atoms with E-state index in [-0.39, 0.29) is 31.3 Å². The van der Waals surface area contributed by atoms with Crippen molar-refractivity contribution in [1.82, 2.24) is 20.2 Å². The van der Waals surface area contributed by atoms with Crippen LogP contribution in [0.2, 0.25) is 0 Å². The first kappa shape index (κ1) is 23.9. The zero-order valence-electron chi connectivity index (χ0n) is 19.1. The number of rotatable bonds is 2. The predicted molar refractivity (Wildman–Crippen MR) is 128 cm³/mol. The van der Waals surface area contributed by atoms with Gasteiger partial charge in [0.25, 0.3) is 0 Å². The summed E-state index contributed by atoms with van der Waals surface area (Å²) in [6, 6.07) is 22.2. The van der Waals surface area contributed by atoms with Crippen LogP contribution in [0, 0.1) is 11.9 Å². The van der Waals surface area contributed by atoms with Crippen molar-refractivity contribution >= 4 is 10.8 Å². The number of fused-ring (bicyclic) bond motifs is 2. The minimum absolute atomic E-state index is 0. The van der Waals surface area contributed by atoms with Crippen LogP contribution in [0.5, 0.6) is 0 Å². The molecule has 0 saturated carbocycles. The molecule has 0 bridgehead atoms. The molecule has 1 radical (unpaired) electrons. The van der Waals surface area contributed by atoms with Crippen LogP contribution in [0.3, 0.4) is 0 Å². The number of halogens is 1. The van der Waals surface area contributed by atoms with E-state index in [1.807, 2.05) is 36.4 Å². The Labute approximate surface area is 212 Å². The van der Waals surface area contributed by atoms with Gasteiger partial charge < -0.3 is 15.2 Å². The van der Waals surface area contributed by atoms with Crippen molar-refractivity contribution in [3.63, 3.8) is 0 Å². The monoisotopic (exact) mass is 627 g/mol. The van der Waals surface area contributed by atoms with Crippen molar-refractivity contribution < 1.29 is 24.5 Å². The molecular weight excluding hydrogens is 604 g/mol. The summed E-state index contributed by atoms with van der Waals surface area (Å²) in [4.78, 5) is 8.68. The van der Waals surface area contributed by atoms with Gasteiger partial charge >= 0.3 is 0 Å². The number of nitrogens with zero attached hydrogens (tertiary/aromatic N) is 4. The van der Waals surface area contributed by atoms with Gasteiger partial charge in [-0.25, -0.2) is 4.39 Å². The average Bonchev–Trinajstić information content (AvgIpc) is 3.33. The molecule has 0 saturated heterocycles. The van der Waals surface area contributed by atoms with Gasteiger partial charge in [0.15, 0.2) is 0 Å². The molecule has 0 atom stereocenters. The standard InChI is InChI=1S/C18H13FN.C10H10N3.Ir/c1-18(2)13-7-3-5-11-9-10-20-17(15(11)13)12-6-4-8-14(19)16(12)18;1-2-8-7-10(13-12-8)9-5-3-4-6-11-9;/h3-5,7-10H,1-2H3;3-7H,2H2,1H3;/q2*-1;. The zero-order chi connectivity index (χ0) is 23.0. The van der Waals surface area contributed by atoms with Gasteiger partial charge in [-0.2, -0.15) is 0 Å². The quantitative estimate of drug-likeness (QED) is 0.221. The predicted octanol–water partition coefficient (Wildman–Crippen LogP) is 6.14. The fourth-order valence-corrected chi connectivity index (χ4v) is 4.49. The van der Waals surface area contributed by atoms with Gasteiger partial charge in [-0.1, -0.05) is 62.4 Å². The number of pyridine rings is 2. The van der Waals surface area contributed by atoms with Crippen LogP contribution in [-0.4, -0.2) is 15.1 Å². The molecule has 0 amide bonds. The molecule has 173 valence electrons. The van der Waals surface area contributed by atoms with Gasteiger partial charge in [0.1, 0.15) is 0 Å². The van der Waals surface area contributed by atoms with E-state index >= 15 is 0 Å². The first-order valence-corrected chi connectivity index (χ1v) is 11.0. The molecule has 1 aliphatic rings. The molecule has 34 heavy (non-hydrogen) atoms. The largest absolute Gasteiger partial charge is 0.573 e. The van der Waals surface area contributed by atoms with E-state index in [9.17, 15) is 4.39 Å². The molecule has 6 heteroatoms. The number of hydrogen-bond acceptors (Lipinski definition) is 3. The second kappa shape index (κ2) is 9.57. The fourth-order valence-electron chi connectivity index (χ4n) is 4.49. The molecule has 0 N–H and O–H groups in total. The van der Waals surface area contributed by atoms with Crippen molar-refractivity contribution in [2.75, 3.05) is 0 Å². The molecule has 3 heterocycles. The van der Waals surface area contributed by atoms with Crippen LogP contribution in [-0.2, 0) is 31.9 Å². The Balaban J connectivity index is 0.000000171. The van der Waals surface area contributed by atoms with E-state index in [4.69, 9.17) is 0 Å². The van der Waals surface area contributed by atoms with Crippen molar-refractivity contribution in [3.05, 3.63) is 102 Å². The van der Waals surface area contributed by atoms with Crippen LogP contribution >= 0.6 is 0 Å². The van der Waals surface area contributed by atoms with Gasteiger partial charge in [0, 0.05) is 49.7 Å².